The first-order valence-corrected chi connectivity index (χ1v) is 12.3. The Balaban J connectivity index is 1.69. The van der Waals surface area contributed by atoms with Gasteiger partial charge in [0.25, 0.3) is 0 Å². The Morgan fingerprint density at radius 2 is 1.63 bits per heavy atom. The van der Waals surface area contributed by atoms with E-state index in [-0.39, 0.29) is 5.91 Å². The molecule has 0 radical (unpaired) electrons. The smallest absolute Gasteiger partial charge is 0.243 e. The molecule has 1 N–H and O–H groups in total. The molecule has 0 bridgehead atoms. The van der Waals surface area contributed by atoms with Crippen molar-refractivity contribution in [3.63, 3.8) is 0 Å². The van der Waals surface area contributed by atoms with E-state index in [1.165, 1.54) is 19.3 Å². The van der Waals surface area contributed by atoms with Crippen LogP contribution in [0.15, 0.2) is 54.6 Å². The van der Waals surface area contributed by atoms with E-state index in [1.807, 2.05) is 30.3 Å². The van der Waals surface area contributed by atoms with Crippen molar-refractivity contribution in [2.24, 2.45) is 5.92 Å². The molecule has 0 heterocycles. The van der Waals surface area contributed by atoms with Crippen LogP contribution in [0.5, 0.6) is 11.5 Å². The SMILES string of the molecule is C[C@@H](C(=O)NCC1CCCCC1)N(c1ccc(Oc2ccccc2)cc1)S(C)(=O)=O. The second-order valence-corrected chi connectivity index (χ2v) is 9.75. The monoisotopic (exact) mass is 430 g/mol. The summed E-state index contributed by atoms with van der Waals surface area (Å²) in [4.78, 5) is 12.7. The van der Waals surface area contributed by atoms with E-state index in [1.54, 1.807) is 31.2 Å². The number of carbonyl (C=O) groups excluding carboxylic acids is 1. The zero-order chi connectivity index (χ0) is 21.6. The van der Waals surface area contributed by atoms with E-state index in [0.717, 1.165) is 23.4 Å². The van der Waals surface area contributed by atoms with Gasteiger partial charge in [0, 0.05) is 6.54 Å². The van der Waals surface area contributed by atoms with Gasteiger partial charge in [-0.1, -0.05) is 37.5 Å². The predicted octanol–water partition coefficient (Wildman–Crippen LogP) is 4.33. The number of benzene rings is 2. The van der Waals surface area contributed by atoms with Crippen molar-refractivity contribution in [2.45, 2.75) is 45.1 Å². The zero-order valence-corrected chi connectivity index (χ0v) is 18.4. The number of carbonyl (C=O) groups is 1. The maximum absolute atomic E-state index is 12.7. The molecule has 1 atom stereocenters. The number of ether oxygens (including phenoxy) is 1. The first kappa shape index (κ1) is 22.2. The minimum Gasteiger partial charge on any atom is -0.457 e. The lowest BCUT2D eigenvalue weighted by atomic mass is 9.89. The van der Waals surface area contributed by atoms with Crippen LogP contribution in [0.2, 0.25) is 0 Å². The third kappa shape index (κ3) is 5.98. The van der Waals surface area contributed by atoms with Crippen molar-refractivity contribution in [2.75, 3.05) is 17.1 Å². The number of rotatable bonds is 8. The second kappa shape index (κ2) is 9.98. The van der Waals surface area contributed by atoms with Gasteiger partial charge in [-0.05, 0) is 62.1 Å². The largest absolute Gasteiger partial charge is 0.457 e. The molecule has 0 saturated heterocycles. The summed E-state index contributed by atoms with van der Waals surface area (Å²) in [5.41, 5.74) is 0.429. The molecule has 30 heavy (non-hydrogen) atoms. The van der Waals surface area contributed by atoms with Crippen LogP contribution < -0.4 is 14.4 Å². The number of sulfonamides is 1. The molecule has 162 valence electrons. The molecule has 0 aromatic heterocycles. The minimum atomic E-state index is -3.65. The summed E-state index contributed by atoms with van der Waals surface area (Å²) in [6, 6.07) is 15.2. The molecule has 7 heteroatoms. The molecular formula is C23H30N2O4S. The Morgan fingerprint density at radius 1 is 1.03 bits per heavy atom. The van der Waals surface area contributed by atoms with Gasteiger partial charge in [-0.2, -0.15) is 0 Å². The lowest BCUT2D eigenvalue weighted by Gasteiger charge is -2.29. The lowest BCUT2D eigenvalue weighted by Crippen LogP contribution is -2.48. The van der Waals surface area contributed by atoms with Gasteiger partial charge in [-0.3, -0.25) is 9.10 Å². The van der Waals surface area contributed by atoms with Gasteiger partial charge in [0.1, 0.15) is 17.5 Å². The van der Waals surface area contributed by atoms with Gasteiger partial charge >= 0.3 is 0 Å². The summed E-state index contributed by atoms with van der Waals surface area (Å²) in [5.74, 6) is 1.49. The average Bonchev–Trinajstić information content (AvgIpc) is 2.74. The highest BCUT2D eigenvalue weighted by molar-refractivity contribution is 7.92. The Morgan fingerprint density at radius 3 is 2.23 bits per heavy atom. The van der Waals surface area contributed by atoms with Gasteiger partial charge in [-0.25, -0.2) is 8.42 Å². The lowest BCUT2D eigenvalue weighted by molar-refractivity contribution is -0.122. The van der Waals surface area contributed by atoms with Crippen molar-refractivity contribution in [1.82, 2.24) is 5.32 Å². The van der Waals surface area contributed by atoms with Crippen molar-refractivity contribution in [3.05, 3.63) is 54.6 Å². The standard InChI is InChI=1S/C23H30N2O4S/c1-18(23(26)24-17-19-9-5-3-6-10-19)25(30(2,27)28)20-13-15-22(16-14-20)29-21-11-7-4-8-12-21/h4,7-8,11-16,18-19H,3,5-6,9-10,17H2,1-2H3,(H,24,26)/t18-/m0/s1. The predicted molar refractivity (Wildman–Crippen MR) is 119 cm³/mol. The van der Waals surface area contributed by atoms with Crippen molar-refractivity contribution in [1.29, 1.82) is 0 Å². The van der Waals surface area contributed by atoms with Crippen LogP contribution in [0, 0.1) is 5.92 Å². The summed E-state index contributed by atoms with van der Waals surface area (Å²) in [5, 5.41) is 2.95. The summed E-state index contributed by atoms with van der Waals surface area (Å²) in [7, 11) is -3.65. The number of hydrogen-bond donors (Lipinski definition) is 1. The molecule has 1 saturated carbocycles. The molecule has 3 rings (SSSR count). The van der Waals surface area contributed by atoms with Crippen molar-refractivity contribution in [3.8, 4) is 11.5 Å². The van der Waals surface area contributed by atoms with Gasteiger partial charge < -0.3 is 10.1 Å². The van der Waals surface area contributed by atoms with E-state index in [9.17, 15) is 13.2 Å². The molecular weight excluding hydrogens is 400 g/mol. The van der Waals surface area contributed by atoms with Crippen LogP contribution in [-0.4, -0.2) is 33.2 Å². The quantitative estimate of drug-likeness (QED) is 0.676. The maximum atomic E-state index is 12.7. The molecule has 0 aliphatic heterocycles. The number of hydrogen-bond acceptors (Lipinski definition) is 4. The maximum Gasteiger partial charge on any atom is 0.243 e. The van der Waals surface area contributed by atoms with Gasteiger partial charge in [0.05, 0.1) is 11.9 Å². The fourth-order valence-electron chi connectivity index (χ4n) is 3.88. The molecule has 0 unspecified atom stereocenters. The Kier molecular flexibility index (Phi) is 7.37. The van der Waals surface area contributed by atoms with E-state index in [0.29, 0.717) is 29.6 Å². The van der Waals surface area contributed by atoms with Crippen LogP contribution in [0.4, 0.5) is 5.69 Å². The molecule has 1 fully saturated rings. The zero-order valence-electron chi connectivity index (χ0n) is 17.6. The van der Waals surface area contributed by atoms with Gasteiger partial charge in [0.15, 0.2) is 0 Å². The van der Waals surface area contributed by atoms with Crippen molar-refractivity contribution < 1.29 is 17.9 Å². The van der Waals surface area contributed by atoms with E-state index in [4.69, 9.17) is 4.74 Å². The summed E-state index contributed by atoms with van der Waals surface area (Å²) < 4.78 is 31.9. The number of para-hydroxylation sites is 1. The normalized spacial score (nSPS) is 15.9. The molecule has 2 aromatic carbocycles. The third-order valence-electron chi connectivity index (χ3n) is 5.45. The van der Waals surface area contributed by atoms with Crippen LogP contribution in [0.1, 0.15) is 39.0 Å². The first-order chi connectivity index (χ1) is 14.3. The number of nitrogens with zero attached hydrogens (tertiary/aromatic N) is 1. The number of nitrogens with one attached hydrogen (secondary N) is 1. The van der Waals surface area contributed by atoms with Crippen LogP contribution in [-0.2, 0) is 14.8 Å². The highest BCUT2D eigenvalue weighted by Crippen LogP contribution is 2.27. The van der Waals surface area contributed by atoms with Crippen LogP contribution >= 0.6 is 0 Å². The molecule has 0 spiro atoms. The molecule has 6 nitrogen and oxygen atoms in total. The van der Waals surface area contributed by atoms with E-state index in [2.05, 4.69) is 5.32 Å². The highest BCUT2D eigenvalue weighted by atomic mass is 32.2. The topological polar surface area (TPSA) is 75.7 Å². The number of amides is 1. The molecule has 2 aromatic rings. The molecule has 1 aliphatic rings. The third-order valence-corrected chi connectivity index (χ3v) is 6.69. The highest BCUT2D eigenvalue weighted by Gasteiger charge is 2.29. The molecule has 1 amide bonds. The van der Waals surface area contributed by atoms with Gasteiger partial charge in [-0.15, -0.1) is 0 Å². The number of anilines is 1. The Hall–Kier alpha value is -2.54. The summed E-state index contributed by atoms with van der Waals surface area (Å²) in [6.07, 6.45) is 7.01. The average molecular weight is 431 g/mol. The first-order valence-electron chi connectivity index (χ1n) is 10.4. The van der Waals surface area contributed by atoms with E-state index < -0.39 is 16.1 Å². The fraction of sp³-hybridized carbons (Fsp3) is 0.435. The second-order valence-electron chi connectivity index (χ2n) is 7.89. The van der Waals surface area contributed by atoms with Crippen LogP contribution in [0.25, 0.3) is 0 Å². The summed E-state index contributed by atoms with van der Waals surface area (Å²) in [6.45, 7) is 2.22. The molecule has 1 aliphatic carbocycles. The Labute approximate surface area is 179 Å². The van der Waals surface area contributed by atoms with Gasteiger partial charge in [0.2, 0.25) is 15.9 Å². The van der Waals surface area contributed by atoms with Crippen LogP contribution in [0.3, 0.4) is 0 Å². The Bertz CT molecular complexity index is 923. The van der Waals surface area contributed by atoms with Crippen molar-refractivity contribution >= 4 is 21.6 Å². The summed E-state index contributed by atoms with van der Waals surface area (Å²) >= 11 is 0. The van der Waals surface area contributed by atoms with E-state index >= 15 is 0 Å². The fourth-order valence-corrected chi connectivity index (χ4v) is 5.05. The minimum absolute atomic E-state index is 0.282.